The van der Waals surface area contributed by atoms with Crippen molar-refractivity contribution in [3.05, 3.63) is 38.9 Å². The van der Waals surface area contributed by atoms with Gasteiger partial charge in [0.2, 0.25) is 0 Å². The van der Waals surface area contributed by atoms with Crippen molar-refractivity contribution in [2.75, 3.05) is 13.1 Å². The molecule has 0 radical (unpaired) electrons. The van der Waals surface area contributed by atoms with E-state index in [1.54, 1.807) is 4.90 Å². The second-order valence-electron chi connectivity index (χ2n) is 5.92. The van der Waals surface area contributed by atoms with Gasteiger partial charge in [0.15, 0.2) is 0 Å². The molecule has 0 spiro atoms. The summed E-state index contributed by atoms with van der Waals surface area (Å²) in [5, 5.41) is 10.7. The molecule has 1 amide bonds. The summed E-state index contributed by atoms with van der Waals surface area (Å²) in [6.45, 7) is 9.47. The molecule has 0 aliphatic heterocycles. The van der Waals surface area contributed by atoms with Gasteiger partial charge in [0.1, 0.15) is 5.02 Å². The van der Waals surface area contributed by atoms with E-state index in [-0.39, 0.29) is 16.6 Å². The van der Waals surface area contributed by atoms with E-state index in [1.165, 1.54) is 18.2 Å². The summed E-state index contributed by atoms with van der Waals surface area (Å²) in [7, 11) is 0. The van der Waals surface area contributed by atoms with Crippen LogP contribution >= 0.6 is 11.6 Å². The highest BCUT2D eigenvalue weighted by molar-refractivity contribution is 6.33. The van der Waals surface area contributed by atoms with Gasteiger partial charge in [-0.2, -0.15) is 0 Å². The molecule has 0 saturated heterocycles. The van der Waals surface area contributed by atoms with Crippen LogP contribution in [0.1, 0.15) is 38.1 Å². The summed E-state index contributed by atoms with van der Waals surface area (Å²) >= 11 is 5.87. The monoisotopic (exact) mass is 312 g/mol. The molecule has 1 aromatic rings. The molecule has 1 aromatic carbocycles. The predicted molar refractivity (Wildman–Crippen MR) is 83.7 cm³/mol. The summed E-state index contributed by atoms with van der Waals surface area (Å²) in [5.74, 6) is 0.552. The summed E-state index contributed by atoms with van der Waals surface area (Å²) in [6.07, 6.45) is 0. The fourth-order valence-electron chi connectivity index (χ4n) is 2.09. The summed E-state index contributed by atoms with van der Waals surface area (Å²) in [5.41, 5.74) is 0.194. The largest absolute Gasteiger partial charge is 0.338 e. The van der Waals surface area contributed by atoms with E-state index in [9.17, 15) is 14.9 Å². The Labute approximate surface area is 130 Å². The molecule has 0 heterocycles. The molecule has 6 heteroatoms. The maximum absolute atomic E-state index is 12.5. The number of carbonyl (C=O) groups is 1. The highest BCUT2D eigenvalue weighted by Crippen LogP contribution is 2.25. The van der Waals surface area contributed by atoms with E-state index < -0.39 is 4.92 Å². The van der Waals surface area contributed by atoms with Crippen LogP contribution in [0.2, 0.25) is 5.02 Å². The van der Waals surface area contributed by atoms with E-state index in [1.807, 2.05) is 27.7 Å². The number of benzene rings is 1. The van der Waals surface area contributed by atoms with Crippen LogP contribution in [-0.2, 0) is 0 Å². The van der Waals surface area contributed by atoms with E-state index in [4.69, 9.17) is 11.6 Å². The molecule has 0 N–H and O–H groups in total. The molecule has 21 heavy (non-hydrogen) atoms. The Balaban J connectivity index is 3.03. The van der Waals surface area contributed by atoms with Gasteiger partial charge in [0, 0.05) is 24.7 Å². The Morgan fingerprint density at radius 1 is 1.24 bits per heavy atom. The Bertz CT molecular complexity index is 520. The molecule has 0 saturated carbocycles. The maximum Gasteiger partial charge on any atom is 0.287 e. The zero-order chi connectivity index (χ0) is 16.2. The lowest BCUT2D eigenvalue weighted by Crippen LogP contribution is -2.37. The molecule has 0 unspecified atom stereocenters. The average Bonchev–Trinajstić information content (AvgIpc) is 2.35. The highest BCUT2D eigenvalue weighted by Gasteiger charge is 2.21. The molecule has 0 atom stereocenters. The van der Waals surface area contributed by atoms with Crippen molar-refractivity contribution in [3.63, 3.8) is 0 Å². The molecule has 0 aromatic heterocycles. The molecular formula is C15H21ClN2O3. The van der Waals surface area contributed by atoms with Crippen LogP contribution in [0.15, 0.2) is 18.2 Å². The maximum atomic E-state index is 12.5. The Morgan fingerprint density at radius 2 is 1.76 bits per heavy atom. The zero-order valence-electron chi connectivity index (χ0n) is 12.8. The van der Waals surface area contributed by atoms with Crippen molar-refractivity contribution in [3.8, 4) is 0 Å². The number of carbonyl (C=O) groups excluding carboxylic acids is 1. The summed E-state index contributed by atoms with van der Waals surface area (Å²) in [4.78, 5) is 24.5. The second-order valence-corrected chi connectivity index (χ2v) is 6.33. The van der Waals surface area contributed by atoms with Gasteiger partial charge in [-0.25, -0.2) is 0 Å². The minimum atomic E-state index is -0.559. The van der Waals surface area contributed by atoms with Crippen LogP contribution in [0.4, 0.5) is 5.69 Å². The fraction of sp³-hybridized carbons (Fsp3) is 0.533. The van der Waals surface area contributed by atoms with E-state index >= 15 is 0 Å². The number of halogens is 1. The van der Waals surface area contributed by atoms with E-state index in [0.29, 0.717) is 30.5 Å². The van der Waals surface area contributed by atoms with Gasteiger partial charge < -0.3 is 4.90 Å². The lowest BCUT2D eigenvalue weighted by atomic mass is 10.1. The number of nitro benzene ring substituents is 1. The third-order valence-electron chi connectivity index (χ3n) is 2.85. The van der Waals surface area contributed by atoms with Crippen LogP contribution in [0.25, 0.3) is 0 Å². The number of rotatable bonds is 6. The number of hydrogen-bond acceptors (Lipinski definition) is 3. The van der Waals surface area contributed by atoms with Crippen molar-refractivity contribution < 1.29 is 9.72 Å². The summed E-state index contributed by atoms with van der Waals surface area (Å²) < 4.78 is 0. The molecular weight excluding hydrogens is 292 g/mol. The normalized spacial score (nSPS) is 11.0. The minimum absolute atomic E-state index is 0.0140. The van der Waals surface area contributed by atoms with Crippen LogP contribution in [0.3, 0.4) is 0 Å². The average molecular weight is 313 g/mol. The van der Waals surface area contributed by atoms with Gasteiger partial charge in [-0.05, 0) is 24.0 Å². The molecule has 0 aliphatic rings. The molecule has 0 bridgehead atoms. The lowest BCUT2D eigenvalue weighted by molar-refractivity contribution is -0.384. The molecule has 0 fully saturated rings. The molecule has 1 rings (SSSR count). The summed E-state index contributed by atoms with van der Waals surface area (Å²) in [6, 6.07) is 4.11. The lowest BCUT2D eigenvalue weighted by Gasteiger charge is -2.26. The van der Waals surface area contributed by atoms with Crippen LogP contribution in [0.5, 0.6) is 0 Å². The number of amides is 1. The first-order valence-electron chi connectivity index (χ1n) is 6.95. The highest BCUT2D eigenvalue weighted by atomic mass is 35.5. The predicted octanol–water partition coefficient (Wildman–Crippen LogP) is 4.00. The van der Waals surface area contributed by atoms with Gasteiger partial charge in [-0.3, -0.25) is 14.9 Å². The number of nitrogens with zero attached hydrogens (tertiary/aromatic N) is 2. The van der Waals surface area contributed by atoms with Gasteiger partial charge >= 0.3 is 0 Å². The van der Waals surface area contributed by atoms with Gasteiger partial charge in [0.05, 0.1) is 4.92 Å². The molecule has 0 aliphatic carbocycles. The molecule has 5 nitrogen and oxygen atoms in total. The smallest absolute Gasteiger partial charge is 0.287 e. The number of nitro groups is 1. The van der Waals surface area contributed by atoms with E-state index in [0.717, 1.165) is 0 Å². The van der Waals surface area contributed by atoms with Crippen molar-refractivity contribution in [2.45, 2.75) is 27.7 Å². The SMILES string of the molecule is CC(C)CN(CC(C)C)C(=O)c1ccc([N+](=O)[O-])c(Cl)c1. The number of hydrogen-bond donors (Lipinski definition) is 0. The van der Waals surface area contributed by atoms with Gasteiger partial charge in [-0.1, -0.05) is 39.3 Å². The minimum Gasteiger partial charge on any atom is -0.338 e. The topological polar surface area (TPSA) is 63.5 Å². The first kappa shape index (κ1) is 17.4. The third-order valence-corrected chi connectivity index (χ3v) is 3.15. The van der Waals surface area contributed by atoms with Crippen molar-refractivity contribution in [1.29, 1.82) is 0 Å². The van der Waals surface area contributed by atoms with Crippen LogP contribution < -0.4 is 0 Å². The standard InChI is InChI=1S/C15H21ClN2O3/c1-10(2)8-17(9-11(3)4)15(19)12-5-6-14(18(20)21)13(16)7-12/h5-7,10-11H,8-9H2,1-4H3. The zero-order valence-corrected chi connectivity index (χ0v) is 13.6. The quantitative estimate of drug-likeness (QED) is 0.589. The Morgan fingerprint density at radius 3 is 2.14 bits per heavy atom. The first-order valence-corrected chi connectivity index (χ1v) is 7.33. The Kier molecular flexibility index (Phi) is 6.15. The second kappa shape index (κ2) is 7.41. The molecule has 116 valence electrons. The van der Waals surface area contributed by atoms with Gasteiger partial charge in [-0.15, -0.1) is 0 Å². The van der Waals surface area contributed by atoms with Crippen LogP contribution in [0, 0.1) is 22.0 Å². The van der Waals surface area contributed by atoms with Crippen molar-refractivity contribution >= 4 is 23.2 Å². The van der Waals surface area contributed by atoms with Crippen molar-refractivity contribution in [2.24, 2.45) is 11.8 Å². The van der Waals surface area contributed by atoms with Crippen LogP contribution in [-0.4, -0.2) is 28.8 Å². The van der Waals surface area contributed by atoms with Crippen molar-refractivity contribution in [1.82, 2.24) is 4.90 Å². The first-order chi connectivity index (χ1) is 9.72. The van der Waals surface area contributed by atoms with E-state index in [2.05, 4.69) is 0 Å². The van der Waals surface area contributed by atoms with Gasteiger partial charge in [0.25, 0.3) is 11.6 Å². The third kappa shape index (κ3) is 5.01. The fourth-order valence-corrected chi connectivity index (χ4v) is 2.34. The Hall–Kier alpha value is -1.62.